The fraction of sp³-hybridized carbons (Fsp3) is 0.167. The standard InChI is InChI=1S/C18H12ClF2N3O2/c19-11-1-4-13(5-2-11)24-9-10(7-16(24)25)17-22-18(26-23-17)14-8-12(20)3-6-15(14)21/h1-6,8,10H,7,9H2/t10-/m1/s1. The minimum atomic E-state index is -0.660. The molecule has 3 aromatic rings. The molecule has 132 valence electrons. The maximum absolute atomic E-state index is 13.9. The van der Waals surface area contributed by atoms with Gasteiger partial charge < -0.3 is 9.42 Å². The third kappa shape index (κ3) is 3.06. The van der Waals surface area contributed by atoms with Crippen LogP contribution < -0.4 is 4.90 Å². The van der Waals surface area contributed by atoms with Gasteiger partial charge in [-0.25, -0.2) is 8.78 Å². The van der Waals surface area contributed by atoms with E-state index in [1.165, 1.54) is 0 Å². The Balaban J connectivity index is 1.58. The van der Waals surface area contributed by atoms with Crippen molar-refractivity contribution in [3.63, 3.8) is 0 Å². The number of carbonyl (C=O) groups excluding carboxylic acids is 1. The molecular formula is C18H12ClF2N3O2. The summed E-state index contributed by atoms with van der Waals surface area (Å²) in [6, 6.07) is 9.92. The minimum absolute atomic E-state index is 0.0828. The Hall–Kier alpha value is -2.80. The van der Waals surface area contributed by atoms with Gasteiger partial charge in [0.25, 0.3) is 5.89 Å². The molecule has 0 unspecified atom stereocenters. The van der Waals surface area contributed by atoms with Gasteiger partial charge in [0, 0.05) is 29.6 Å². The number of nitrogens with zero attached hydrogens (tertiary/aromatic N) is 3. The summed E-state index contributed by atoms with van der Waals surface area (Å²) < 4.78 is 32.3. The molecule has 1 aliphatic heterocycles. The van der Waals surface area contributed by atoms with E-state index in [1.807, 2.05) is 0 Å². The number of halogens is 3. The third-order valence-electron chi connectivity index (χ3n) is 4.23. The van der Waals surface area contributed by atoms with E-state index in [-0.39, 0.29) is 35.5 Å². The van der Waals surface area contributed by atoms with Crippen LogP contribution in [0.2, 0.25) is 5.02 Å². The highest BCUT2D eigenvalue weighted by Crippen LogP contribution is 2.32. The first kappa shape index (κ1) is 16.7. The Labute approximate surface area is 152 Å². The maximum Gasteiger partial charge on any atom is 0.261 e. The van der Waals surface area contributed by atoms with E-state index >= 15 is 0 Å². The molecule has 4 rings (SSSR count). The molecule has 1 aliphatic rings. The van der Waals surface area contributed by atoms with Crippen molar-refractivity contribution in [1.82, 2.24) is 10.1 Å². The molecule has 26 heavy (non-hydrogen) atoms. The zero-order valence-electron chi connectivity index (χ0n) is 13.3. The van der Waals surface area contributed by atoms with Gasteiger partial charge in [0.05, 0.1) is 5.56 Å². The van der Waals surface area contributed by atoms with E-state index in [1.54, 1.807) is 29.2 Å². The van der Waals surface area contributed by atoms with Crippen molar-refractivity contribution in [2.45, 2.75) is 12.3 Å². The molecule has 1 saturated heterocycles. The lowest BCUT2D eigenvalue weighted by molar-refractivity contribution is -0.117. The van der Waals surface area contributed by atoms with Gasteiger partial charge in [0.15, 0.2) is 5.82 Å². The molecule has 8 heteroatoms. The molecule has 5 nitrogen and oxygen atoms in total. The molecule has 0 radical (unpaired) electrons. The molecule has 1 amide bonds. The number of amides is 1. The average Bonchev–Trinajstić information content (AvgIpc) is 3.25. The quantitative estimate of drug-likeness (QED) is 0.688. The van der Waals surface area contributed by atoms with E-state index < -0.39 is 11.6 Å². The molecule has 2 heterocycles. The largest absolute Gasteiger partial charge is 0.334 e. The Kier molecular flexibility index (Phi) is 4.16. The van der Waals surface area contributed by atoms with Crippen LogP contribution in [0.15, 0.2) is 47.0 Å². The molecule has 1 fully saturated rings. The van der Waals surface area contributed by atoms with Crippen molar-refractivity contribution in [2.24, 2.45) is 0 Å². The third-order valence-corrected chi connectivity index (χ3v) is 4.48. The van der Waals surface area contributed by atoms with Crippen LogP contribution in [-0.4, -0.2) is 22.6 Å². The average molecular weight is 376 g/mol. The molecule has 0 saturated carbocycles. The number of hydrogen-bond acceptors (Lipinski definition) is 4. The van der Waals surface area contributed by atoms with Crippen LogP contribution in [0.4, 0.5) is 14.5 Å². The first-order valence-corrected chi connectivity index (χ1v) is 8.24. The van der Waals surface area contributed by atoms with Gasteiger partial charge in [0.2, 0.25) is 5.91 Å². The van der Waals surface area contributed by atoms with Gasteiger partial charge in [-0.15, -0.1) is 0 Å². The van der Waals surface area contributed by atoms with Crippen molar-refractivity contribution in [3.05, 3.63) is 64.9 Å². The second-order valence-corrected chi connectivity index (χ2v) is 6.40. The summed E-state index contributed by atoms with van der Waals surface area (Å²) in [5.41, 5.74) is 0.615. The molecule has 0 aliphatic carbocycles. The second-order valence-electron chi connectivity index (χ2n) is 5.96. The van der Waals surface area contributed by atoms with E-state index in [4.69, 9.17) is 16.1 Å². The molecular weight excluding hydrogens is 364 g/mol. The normalized spacial score (nSPS) is 17.1. The zero-order chi connectivity index (χ0) is 18.3. The van der Waals surface area contributed by atoms with Crippen molar-refractivity contribution in [1.29, 1.82) is 0 Å². The lowest BCUT2D eigenvalue weighted by Gasteiger charge is -2.16. The van der Waals surface area contributed by atoms with Gasteiger partial charge in [-0.2, -0.15) is 4.98 Å². The van der Waals surface area contributed by atoms with Crippen molar-refractivity contribution < 1.29 is 18.1 Å². The summed E-state index contributed by atoms with van der Waals surface area (Å²) >= 11 is 5.87. The number of benzene rings is 2. The SMILES string of the molecule is O=C1C[C@@H](c2noc(-c3cc(F)ccc3F)n2)CN1c1ccc(Cl)cc1. The monoisotopic (exact) mass is 375 g/mol. The summed E-state index contributed by atoms with van der Waals surface area (Å²) in [4.78, 5) is 18.1. The smallest absolute Gasteiger partial charge is 0.261 e. The van der Waals surface area contributed by atoms with E-state index in [9.17, 15) is 13.6 Å². The maximum atomic E-state index is 13.9. The summed E-state index contributed by atoms with van der Waals surface area (Å²) in [5, 5.41) is 4.43. The molecule has 1 atom stereocenters. The van der Waals surface area contributed by atoms with Gasteiger partial charge in [0.1, 0.15) is 11.6 Å². The van der Waals surface area contributed by atoms with E-state index in [0.29, 0.717) is 11.6 Å². The fourth-order valence-corrected chi connectivity index (χ4v) is 3.05. The van der Waals surface area contributed by atoms with Gasteiger partial charge in [-0.05, 0) is 42.5 Å². The summed E-state index contributed by atoms with van der Waals surface area (Å²) in [6.45, 7) is 0.366. The Bertz CT molecular complexity index is 975. The highest BCUT2D eigenvalue weighted by Gasteiger charge is 2.34. The topological polar surface area (TPSA) is 59.2 Å². The van der Waals surface area contributed by atoms with Crippen molar-refractivity contribution in [2.75, 3.05) is 11.4 Å². The Morgan fingerprint density at radius 3 is 2.69 bits per heavy atom. The molecule has 0 spiro atoms. The van der Waals surface area contributed by atoms with E-state index in [0.717, 1.165) is 23.9 Å². The van der Waals surface area contributed by atoms with E-state index in [2.05, 4.69) is 10.1 Å². The van der Waals surface area contributed by atoms with Crippen LogP contribution in [0.25, 0.3) is 11.5 Å². The van der Waals surface area contributed by atoms with Crippen LogP contribution >= 0.6 is 11.6 Å². The Morgan fingerprint density at radius 1 is 1.15 bits per heavy atom. The van der Waals surface area contributed by atoms with Crippen LogP contribution in [0.1, 0.15) is 18.2 Å². The fourth-order valence-electron chi connectivity index (χ4n) is 2.92. The van der Waals surface area contributed by atoms with Crippen LogP contribution in [0.5, 0.6) is 0 Å². The predicted molar refractivity (Wildman–Crippen MR) is 90.8 cm³/mol. The zero-order valence-corrected chi connectivity index (χ0v) is 14.1. The molecule has 1 aromatic heterocycles. The summed E-state index contributed by atoms with van der Waals surface area (Å²) in [6.07, 6.45) is 0.202. The summed E-state index contributed by atoms with van der Waals surface area (Å²) in [5.74, 6) is -1.48. The van der Waals surface area contributed by atoms with Crippen molar-refractivity contribution >= 4 is 23.2 Å². The number of rotatable bonds is 3. The first-order valence-electron chi connectivity index (χ1n) is 7.86. The van der Waals surface area contributed by atoms with Crippen molar-refractivity contribution in [3.8, 4) is 11.5 Å². The van der Waals surface area contributed by atoms with Gasteiger partial charge >= 0.3 is 0 Å². The molecule has 2 aromatic carbocycles. The van der Waals surface area contributed by atoms with Gasteiger partial charge in [-0.1, -0.05) is 16.8 Å². The number of hydrogen-bond donors (Lipinski definition) is 0. The minimum Gasteiger partial charge on any atom is -0.334 e. The Morgan fingerprint density at radius 2 is 1.92 bits per heavy atom. The second kappa shape index (κ2) is 6.49. The van der Waals surface area contributed by atoms with Crippen LogP contribution in [0, 0.1) is 11.6 Å². The lowest BCUT2D eigenvalue weighted by atomic mass is 10.1. The highest BCUT2D eigenvalue weighted by molar-refractivity contribution is 6.30. The lowest BCUT2D eigenvalue weighted by Crippen LogP contribution is -2.24. The van der Waals surface area contributed by atoms with Crippen LogP contribution in [0.3, 0.4) is 0 Å². The number of aromatic nitrogens is 2. The van der Waals surface area contributed by atoms with Gasteiger partial charge in [-0.3, -0.25) is 4.79 Å². The number of anilines is 1. The highest BCUT2D eigenvalue weighted by atomic mass is 35.5. The van der Waals surface area contributed by atoms with Crippen LogP contribution in [-0.2, 0) is 4.79 Å². The predicted octanol–water partition coefficient (Wildman–Crippen LogP) is 4.19. The summed E-state index contributed by atoms with van der Waals surface area (Å²) in [7, 11) is 0. The molecule has 0 bridgehead atoms. The number of carbonyl (C=O) groups is 1. The molecule has 0 N–H and O–H groups in total. The first-order chi connectivity index (χ1) is 12.5.